The van der Waals surface area contributed by atoms with E-state index in [1.807, 2.05) is 48.5 Å². The topological polar surface area (TPSA) is 53.5 Å². The van der Waals surface area contributed by atoms with E-state index in [-0.39, 0.29) is 5.91 Å². The maximum Gasteiger partial charge on any atom is 0.257 e. The second-order valence-electron chi connectivity index (χ2n) is 4.90. The molecule has 0 spiro atoms. The molecule has 0 bridgehead atoms. The highest BCUT2D eigenvalue weighted by molar-refractivity contribution is 6.09. The maximum absolute atomic E-state index is 12.2. The van der Waals surface area contributed by atoms with Crippen molar-refractivity contribution < 1.29 is 4.79 Å². The molecule has 0 fully saturated rings. The van der Waals surface area contributed by atoms with Crippen LogP contribution in [0.1, 0.15) is 30.1 Å². The zero-order valence-electron chi connectivity index (χ0n) is 12.8. The van der Waals surface area contributed by atoms with Gasteiger partial charge in [0.25, 0.3) is 5.91 Å². The standard InChI is InChI=1S/C18H21N3O/c1-2-3-14-19-18(20-16-12-8-5-9-13-16)21-17(22)15-10-6-4-7-11-15/h4-13H,2-3,14H2,1H3,(H2,19,20,21,22). The van der Waals surface area contributed by atoms with Crippen molar-refractivity contribution in [3.05, 3.63) is 66.2 Å². The highest BCUT2D eigenvalue weighted by Crippen LogP contribution is 2.05. The van der Waals surface area contributed by atoms with E-state index in [0.717, 1.165) is 18.5 Å². The normalized spacial score (nSPS) is 11.0. The van der Waals surface area contributed by atoms with Gasteiger partial charge in [-0.3, -0.25) is 15.1 Å². The third-order valence-electron chi connectivity index (χ3n) is 3.09. The monoisotopic (exact) mass is 295 g/mol. The molecule has 22 heavy (non-hydrogen) atoms. The van der Waals surface area contributed by atoms with Gasteiger partial charge in [-0.2, -0.15) is 0 Å². The first kappa shape index (κ1) is 15.8. The van der Waals surface area contributed by atoms with Crippen LogP contribution in [0.3, 0.4) is 0 Å². The SMILES string of the molecule is CCCCN=C(NC(=O)c1ccccc1)Nc1ccccc1. The molecule has 0 aromatic heterocycles. The van der Waals surface area contributed by atoms with Crippen LogP contribution >= 0.6 is 0 Å². The molecular weight excluding hydrogens is 274 g/mol. The van der Waals surface area contributed by atoms with Gasteiger partial charge in [-0.1, -0.05) is 49.7 Å². The highest BCUT2D eigenvalue weighted by atomic mass is 16.1. The number of aliphatic imine (C=N–C) groups is 1. The molecule has 0 aliphatic carbocycles. The number of nitrogens with one attached hydrogen (secondary N) is 2. The van der Waals surface area contributed by atoms with Crippen LogP contribution in [0.5, 0.6) is 0 Å². The van der Waals surface area contributed by atoms with Crippen LogP contribution in [-0.2, 0) is 0 Å². The number of para-hydroxylation sites is 1. The van der Waals surface area contributed by atoms with Crippen molar-refractivity contribution in [3.63, 3.8) is 0 Å². The quantitative estimate of drug-likeness (QED) is 0.502. The molecule has 2 N–H and O–H groups in total. The molecule has 4 heteroatoms. The number of hydrogen-bond acceptors (Lipinski definition) is 2. The van der Waals surface area contributed by atoms with Crippen LogP contribution in [0.2, 0.25) is 0 Å². The number of hydrogen-bond donors (Lipinski definition) is 2. The fourth-order valence-electron chi connectivity index (χ4n) is 1.89. The number of carbonyl (C=O) groups excluding carboxylic acids is 1. The number of amides is 1. The molecule has 0 aliphatic heterocycles. The lowest BCUT2D eigenvalue weighted by Crippen LogP contribution is -2.36. The predicted octanol–water partition coefficient (Wildman–Crippen LogP) is 3.68. The molecule has 0 saturated heterocycles. The lowest BCUT2D eigenvalue weighted by molar-refractivity contribution is 0.0977. The minimum absolute atomic E-state index is 0.167. The van der Waals surface area contributed by atoms with Gasteiger partial charge in [0.2, 0.25) is 5.96 Å². The second-order valence-corrected chi connectivity index (χ2v) is 4.90. The zero-order valence-corrected chi connectivity index (χ0v) is 12.8. The molecule has 0 atom stereocenters. The van der Waals surface area contributed by atoms with E-state index >= 15 is 0 Å². The van der Waals surface area contributed by atoms with Gasteiger partial charge in [0.15, 0.2) is 0 Å². The van der Waals surface area contributed by atoms with Gasteiger partial charge in [0, 0.05) is 17.8 Å². The molecule has 2 aromatic carbocycles. The lowest BCUT2D eigenvalue weighted by Gasteiger charge is -2.11. The van der Waals surface area contributed by atoms with Crippen molar-refractivity contribution in [2.75, 3.05) is 11.9 Å². The van der Waals surface area contributed by atoms with Gasteiger partial charge in [-0.05, 0) is 30.7 Å². The zero-order chi connectivity index (χ0) is 15.6. The molecule has 4 nitrogen and oxygen atoms in total. The van der Waals surface area contributed by atoms with Crippen molar-refractivity contribution in [2.24, 2.45) is 4.99 Å². The molecule has 0 unspecified atom stereocenters. The summed E-state index contributed by atoms with van der Waals surface area (Å²) in [6, 6.07) is 18.8. The Morgan fingerprint density at radius 2 is 1.64 bits per heavy atom. The first-order valence-corrected chi connectivity index (χ1v) is 7.52. The van der Waals surface area contributed by atoms with Gasteiger partial charge in [0.05, 0.1) is 0 Å². The number of carbonyl (C=O) groups is 1. The van der Waals surface area contributed by atoms with Gasteiger partial charge >= 0.3 is 0 Å². The fourth-order valence-corrected chi connectivity index (χ4v) is 1.89. The van der Waals surface area contributed by atoms with Crippen molar-refractivity contribution in [3.8, 4) is 0 Å². The van der Waals surface area contributed by atoms with Crippen molar-refractivity contribution >= 4 is 17.6 Å². The summed E-state index contributed by atoms with van der Waals surface area (Å²) >= 11 is 0. The summed E-state index contributed by atoms with van der Waals surface area (Å²) in [7, 11) is 0. The van der Waals surface area contributed by atoms with E-state index in [0.29, 0.717) is 18.1 Å². The molecule has 0 aliphatic rings. The average Bonchev–Trinajstić information content (AvgIpc) is 2.56. The van der Waals surface area contributed by atoms with Crippen molar-refractivity contribution in [2.45, 2.75) is 19.8 Å². The van der Waals surface area contributed by atoms with Crippen molar-refractivity contribution in [1.29, 1.82) is 0 Å². The minimum atomic E-state index is -0.167. The summed E-state index contributed by atoms with van der Waals surface area (Å²) < 4.78 is 0. The van der Waals surface area contributed by atoms with Crippen LogP contribution in [0.15, 0.2) is 65.7 Å². The Morgan fingerprint density at radius 1 is 1.00 bits per heavy atom. The van der Waals surface area contributed by atoms with E-state index in [4.69, 9.17) is 0 Å². The number of guanidine groups is 1. The fraction of sp³-hybridized carbons (Fsp3) is 0.222. The molecule has 2 aromatic rings. The Hall–Kier alpha value is -2.62. The number of nitrogens with zero attached hydrogens (tertiary/aromatic N) is 1. The van der Waals surface area contributed by atoms with Crippen LogP contribution in [0.25, 0.3) is 0 Å². The third kappa shape index (κ3) is 5.05. The van der Waals surface area contributed by atoms with Gasteiger partial charge in [0.1, 0.15) is 0 Å². The Balaban J connectivity index is 2.07. The lowest BCUT2D eigenvalue weighted by atomic mass is 10.2. The summed E-state index contributed by atoms with van der Waals surface area (Å²) in [5.41, 5.74) is 1.51. The van der Waals surface area contributed by atoms with E-state index in [9.17, 15) is 4.79 Å². The molecule has 2 rings (SSSR count). The van der Waals surface area contributed by atoms with Crippen LogP contribution in [0, 0.1) is 0 Å². The Labute approximate surface area is 131 Å². The molecule has 0 radical (unpaired) electrons. The smallest absolute Gasteiger partial charge is 0.257 e. The number of unbranched alkanes of at least 4 members (excludes halogenated alkanes) is 1. The number of rotatable bonds is 5. The van der Waals surface area contributed by atoms with Gasteiger partial charge in [-0.15, -0.1) is 0 Å². The molecule has 114 valence electrons. The maximum atomic E-state index is 12.2. The summed E-state index contributed by atoms with van der Waals surface area (Å²) in [6.45, 7) is 2.79. The van der Waals surface area contributed by atoms with Gasteiger partial charge in [-0.25, -0.2) is 0 Å². The Morgan fingerprint density at radius 3 is 2.27 bits per heavy atom. The molecule has 0 heterocycles. The Kier molecular flexibility index (Phi) is 6.18. The summed E-state index contributed by atoms with van der Waals surface area (Å²) in [6.07, 6.45) is 2.05. The van der Waals surface area contributed by atoms with Crippen LogP contribution in [0.4, 0.5) is 5.69 Å². The number of anilines is 1. The first-order chi connectivity index (χ1) is 10.8. The summed E-state index contributed by atoms with van der Waals surface area (Å²) in [5.74, 6) is 0.313. The number of benzene rings is 2. The molecular formula is C18H21N3O. The first-order valence-electron chi connectivity index (χ1n) is 7.52. The third-order valence-corrected chi connectivity index (χ3v) is 3.09. The van der Waals surface area contributed by atoms with Crippen molar-refractivity contribution in [1.82, 2.24) is 5.32 Å². The second kappa shape index (κ2) is 8.62. The minimum Gasteiger partial charge on any atom is -0.326 e. The molecule has 0 saturated carbocycles. The summed E-state index contributed by atoms with van der Waals surface area (Å²) in [5, 5.41) is 6.00. The van der Waals surface area contributed by atoms with Crippen LogP contribution in [-0.4, -0.2) is 18.4 Å². The Bertz CT molecular complexity index is 609. The van der Waals surface area contributed by atoms with E-state index in [2.05, 4.69) is 22.5 Å². The highest BCUT2D eigenvalue weighted by Gasteiger charge is 2.08. The largest absolute Gasteiger partial charge is 0.326 e. The van der Waals surface area contributed by atoms with Crippen LogP contribution < -0.4 is 10.6 Å². The molecule has 1 amide bonds. The van der Waals surface area contributed by atoms with E-state index in [1.54, 1.807) is 12.1 Å². The van der Waals surface area contributed by atoms with E-state index < -0.39 is 0 Å². The van der Waals surface area contributed by atoms with Gasteiger partial charge < -0.3 is 5.32 Å². The summed E-state index contributed by atoms with van der Waals surface area (Å²) in [4.78, 5) is 16.7. The van der Waals surface area contributed by atoms with E-state index in [1.165, 1.54) is 0 Å². The predicted molar refractivity (Wildman–Crippen MR) is 91.2 cm³/mol. The average molecular weight is 295 g/mol.